The zero-order valence-electron chi connectivity index (χ0n) is 26.3. The van der Waals surface area contributed by atoms with E-state index in [0.717, 1.165) is 64.0 Å². The number of thiophene rings is 1. The van der Waals surface area contributed by atoms with E-state index in [1.54, 1.807) is 11.3 Å². The van der Waals surface area contributed by atoms with Crippen LogP contribution in [-0.2, 0) is 0 Å². The highest BCUT2D eigenvalue weighted by Crippen LogP contribution is 2.45. The molecule has 0 N–H and O–H groups in total. The van der Waals surface area contributed by atoms with Gasteiger partial charge in [-0.1, -0.05) is 82.5 Å². The van der Waals surface area contributed by atoms with E-state index in [-0.39, 0.29) is 32.8 Å². The highest BCUT2D eigenvalue weighted by Gasteiger charge is 2.21. The van der Waals surface area contributed by atoms with Crippen molar-refractivity contribution in [2.24, 2.45) is 0 Å². The number of fused-ring (bicyclic) bond motifs is 5. The van der Waals surface area contributed by atoms with Crippen molar-refractivity contribution in [1.82, 2.24) is 0 Å². The normalized spacial score (nSPS) is 11.7. The molecule has 7 aromatic carbocycles. The quantitative estimate of drug-likeness (QED) is 0.184. The average molecular weight is 611 g/mol. The van der Waals surface area contributed by atoms with Crippen LogP contribution in [0, 0.1) is 0 Å². The van der Waals surface area contributed by atoms with Crippen LogP contribution in [0.25, 0.3) is 75.1 Å². The first kappa shape index (κ1) is 32.2. The molecule has 0 fully saturated rings. The fraction of sp³-hybridized carbons (Fsp3) is 0. The van der Waals surface area contributed by atoms with Gasteiger partial charge in [-0.25, -0.2) is 0 Å². The van der Waals surface area contributed by atoms with E-state index in [1.165, 1.54) is 0 Å². The Morgan fingerprint density at radius 2 is 0.612 bits per heavy atom. The third-order valence-corrected chi connectivity index (χ3v) is 10.8. The number of hydrogen-bond donors (Lipinski definition) is 0. The monoisotopic (exact) mass is 612 g/mol. The van der Waals surface area contributed by atoms with Gasteiger partial charge in [0.15, 0.2) is 0 Å². The Bertz CT molecular complexity index is 2620. The number of benzene rings is 7. The summed E-state index contributed by atoms with van der Waals surface area (Å²) in [5.41, 5.74) is 7.26. The summed E-state index contributed by atoms with van der Waals surface area (Å²) in [6.07, 6.45) is 0. The number of hydrogen-bond acceptors (Lipinski definition) is 1. The molecule has 0 aliphatic carbocycles. The van der Waals surface area contributed by atoms with Crippen LogP contribution in [0.3, 0.4) is 0 Å². The van der Waals surface area contributed by atoms with Gasteiger partial charge in [-0.15, -0.1) is 44.1 Å². The van der Waals surface area contributed by atoms with Crippen molar-refractivity contribution in [3.63, 3.8) is 0 Å². The van der Waals surface area contributed by atoms with Crippen molar-refractivity contribution in [3.05, 3.63) is 84.9 Å². The van der Waals surface area contributed by atoms with Crippen molar-refractivity contribution in [1.29, 1.82) is 0 Å². The second-order valence-electron chi connectivity index (χ2n) is 12.3. The van der Waals surface area contributed by atoms with Crippen molar-refractivity contribution < 1.29 is 0 Å². The summed E-state index contributed by atoms with van der Waals surface area (Å²) in [5, 5.41) is 6.04. The maximum Gasteiger partial charge on any atom is 0.113 e. The fourth-order valence-corrected chi connectivity index (χ4v) is 8.14. The first-order valence-electron chi connectivity index (χ1n) is 15.4. The van der Waals surface area contributed by atoms with Gasteiger partial charge in [0.25, 0.3) is 0 Å². The number of rotatable bonds is 3. The molecule has 0 amide bonds. The SMILES string of the molecule is [B]c1c([B])c([B])c(-c2ccc3sc4ccc(-c5c6ccccc6c(-c6c([B])c([B])c([B])c([B])c6[B])c6ccccc56)cc4c3c2)c([B])c1[B]. The first-order chi connectivity index (χ1) is 23.5. The van der Waals surface area contributed by atoms with Gasteiger partial charge < -0.3 is 0 Å². The minimum atomic E-state index is 0.178. The van der Waals surface area contributed by atoms with Crippen LogP contribution in [0.4, 0.5) is 0 Å². The van der Waals surface area contributed by atoms with Gasteiger partial charge >= 0.3 is 0 Å². The second-order valence-corrected chi connectivity index (χ2v) is 13.3. The van der Waals surface area contributed by atoms with E-state index in [1.807, 2.05) is 30.3 Å². The summed E-state index contributed by atoms with van der Waals surface area (Å²) in [7, 11) is 63.6. The van der Waals surface area contributed by atoms with E-state index in [9.17, 15) is 0 Å². The van der Waals surface area contributed by atoms with Gasteiger partial charge in [0.1, 0.15) is 78.5 Å². The van der Waals surface area contributed by atoms with Crippen molar-refractivity contribution in [2.45, 2.75) is 0 Å². The van der Waals surface area contributed by atoms with Crippen molar-refractivity contribution in [2.75, 3.05) is 0 Å². The summed E-state index contributed by atoms with van der Waals surface area (Å²) < 4.78 is 2.24. The maximum absolute atomic E-state index is 6.64. The van der Waals surface area contributed by atoms with Gasteiger partial charge in [0.2, 0.25) is 0 Å². The van der Waals surface area contributed by atoms with Crippen molar-refractivity contribution in [3.8, 4) is 33.4 Å². The molecule has 1 heterocycles. The highest BCUT2D eigenvalue weighted by molar-refractivity contribution is 7.25. The molecule has 20 radical (unpaired) electrons. The third kappa shape index (κ3) is 4.72. The molecule has 0 nitrogen and oxygen atoms in total. The van der Waals surface area contributed by atoms with E-state index >= 15 is 0 Å². The minimum Gasteiger partial charge on any atom is -0.135 e. The first-order valence-corrected chi connectivity index (χ1v) is 16.2. The Kier molecular flexibility index (Phi) is 7.72. The van der Waals surface area contributed by atoms with Crippen LogP contribution in [0.2, 0.25) is 0 Å². The lowest BCUT2D eigenvalue weighted by molar-refractivity contribution is 1.71. The molecule has 202 valence electrons. The van der Waals surface area contributed by atoms with Crippen molar-refractivity contribution >= 4 is 186 Å². The minimum absolute atomic E-state index is 0.178. The molecular formula is C38H14B10S. The largest absolute Gasteiger partial charge is 0.135 e. The Hall–Kier alpha value is -4.07. The standard InChI is InChI=1S/C38H14B10S/c39-29-26(30(40)34(44)37(47)33(29)43)16-10-12-24-22(14-16)21-13-15(9-11-23(21)49-24)25-17-5-1-3-7-19(17)27(20-8-4-2-6-18(20)25)28-31(41)35(45)38(48)36(46)32(28)42/h1-14H. The molecule has 0 bridgehead atoms. The van der Waals surface area contributed by atoms with E-state index in [2.05, 4.69) is 54.6 Å². The predicted molar refractivity (Wildman–Crippen MR) is 225 cm³/mol. The lowest BCUT2D eigenvalue weighted by Crippen LogP contribution is -2.55. The Morgan fingerprint density at radius 1 is 0.286 bits per heavy atom. The molecule has 8 aromatic rings. The zero-order chi connectivity index (χ0) is 34.5. The fourth-order valence-electron chi connectivity index (χ4n) is 7.08. The molecular weight excluding hydrogens is 597 g/mol. The molecule has 11 heteroatoms. The highest BCUT2D eigenvalue weighted by atomic mass is 32.1. The van der Waals surface area contributed by atoms with E-state index < -0.39 is 0 Å². The molecule has 0 aliphatic rings. The molecule has 0 spiro atoms. The maximum atomic E-state index is 6.64. The molecule has 49 heavy (non-hydrogen) atoms. The van der Waals surface area contributed by atoms with E-state index in [4.69, 9.17) is 78.5 Å². The summed E-state index contributed by atoms with van der Waals surface area (Å²) >= 11 is 1.71. The van der Waals surface area contributed by atoms with Gasteiger partial charge in [-0.05, 0) is 79.2 Å². The van der Waals surface area contributed by atoms with Gasteiger partial charge in [0.05, 0.1) is 0 Å². The van der Waals surface area contributed by atoms with Crippen LogP contribution >= 0.6 is 11.3 Å². The Labute approximate surface area is 302 Å². The summed E-state index contributed by atoms with van der Waals surface area (Å²) in [4.78, 5) is 0. The zero-order valence-corrected chi connectivity index (χ0v) is 27.1. The molecule has 0 unspecified atom stereocenters. The Balaban J connectivity index is 1.42. The summed E-state index contributed by atoms with van der Waals surface area (Å²) in [5.74, 6) is 0. The summed E-state index contributed by atoms with van der Waals surface area (Å²) in [6.45, 7) is 0. The molecule has 0 atom stereocenters. The smallest absolute Gasteiger partial charge is 0.113 e. The van der Waals surface area contributed by atoms with Gasteiger partial charge in [0, 0.05) is 20.2 Å². The molecule has 8 rings (SSSR count). The van der Waals surface area contributed by atoms with Gasteiger partial charge in [-0.2, -0.15) is 0 Å². The Morgan fingerprint density at radius 3 is 1.02 bits per heavy atom. The van der Waals surface area contributed by atoms with Crippen LogP contribution in [0.5, 0.6) is 0 Å². The second kappa shape index (κ2) is 11.8. The molecule has 0 saturated heterocycles. The summed E-state index contributed by atoms with van der Waals surface area (Å²) in [6, 6.07) is 29.0. The van der Waals surface area contributed by atoms with E-state index in [0.29, 0.717) is 33.0 Å². The average Bonchev–Trinajstić information content (AvgIpc) is 3.48. The lowest BCUT2D eigenvalue weighted by Gasteiger charge is -2.25. The van der Waals surface area contributed by atoms with Crippen LogP contribution in [0.1, 0.15) is 0 Å². The molecule has 1 aromatic heterocycles. The predicted octanol–water partition coefficient (Wildman–Crippen LogP) is -0.700. The molecule has 0 aliphatic heterocycles. The van der Waals surface area contributed by atoms with Crippen LogP contribution < -0.4 is 54.6 Å². The van der Waals surface area contributed by atoms with Gasteiger partial charge in [-0.3, -0.25) is 0 Å². The topological polar surface area (TPSA) is 0 Å². The van der Waals surface area contributed by atoms with Crippen LogP contribution in [0.15, 0.2) is 84.9 Å². The lowest BCUT2D eigenvalue weighted by atomic mass is 9.59. The molecule has 0 saturated carbocycles. The third-order valence-electron chi connectivity index (χ3n) is 9.63. The van der Waals surface area contributed by atoms with Crippen LogP contribution in [-0.4, -0.2) is 78.5 Å².